The quantitative estimate of drug-likeness (QED) is 0.544. The van der Waals surface area contributed by atoms with E-state index in [0.29, 0.717) is 23.4 Å². The number of hydrogen-bond donors (Lipinski definition) is 3. The Labute approximate surface area is 168 Å². The Kier molecular flexibility index (Phi) is 5.72. The number of carbonyl (C=O) groups excluding carboxylic acids is 1. The summed E-state index contributed by atoms with van der Waals surface area (Å²) in [6.07, 6.45) is 6.89. The summed E-state index contributed by atoms with van der Waals surface area (Å²) >= 11 is 0. The number of nitrogens with zero attached hydrogens (tertiary/aromatic N) is 5. The summed E-state index contributed by atoms with van der Waals surface area (Å²) in [5.41, 5.74) is 3.37. The van der Waals surface area contributed by atoms with Crippen LogP contribution in [-0.2, 0) is 4.74 Å². The predicted molar refractivity (Wildman–Crippen MR) is 109 cm³/mol. The molecule has 1 aliphatic rings. The molecule has 0 atom stereocenters. The average Bonchev–Trinajstić information content (AvgIpc) is 3.38. The molecule has 0 radical (unpaired) electrons. The highest BCUT2D eigenvalue weighted by molar-refractivity contribution is 6.02. The molecule has 0 aromatic carbocycles. The molecule has 10 nitrogen and oxygen atoms in total. The van der Waals surface area contributed by atoms with E-state index in [0.717, 1.165) is 44.1 Å². The monoisotopic (exact) mass is 398 g/mol. The standard InChI is InChI=1S/C19H26N8O2/c1-13(2)24-17-15(19(28)20-3-4-26-5-7-29-8-6-26)11-23-27-12-16(25-18(17)27)14-9-21-22-10-14/h9-13,24H,3-8H2,1-2H3,(H,20,28)(H,21,22). The van der Waals surface area contributed by atoms with Crippen molar-refractivity contribution in [1.82, 2.24) is 35.0 Å². The zero-order valence-corrected chi connectivity index (χ0v) is 16.7. The van der Waals surface area contributed by atoms with E-state index in [9.17, 15) is 4.79 Å². The number of H-pyrrole nitrogens is 1. The van der Waals surface area contributed by atoms with Crippen molar-refractivity contribution in [2.45, 2.75) is 19.9 Å². The van der Waals surface area contributed by atoms with Gasteiger partial charge in [-0.2, -0.15) is 10.2 Å². The smallest absolute Gasteiger partial charge is 0.255 e. The predicted octanol–water partition coefficient (Wildman–Crippen LogP) is 1.00. The fraction of sp³-hybridized carbons (Fsp3) is 0.474. The van der Waals surface area contributed by atoms with Gasteiger partial charge in [0, 0.05) is 44.0 Å². The number of nitrogens with one attached hydrogen (secondary N) is 3. The molecule has 154 valence electrons. The number of ether oxygens (including phenoxy) is 1. The Morgan fingerprint density at radius 3 is 2.86 bits per heavy atom. The van der Waals surface area contributed by atoms with E-state index in [4.69, 9.17) is 4.74 Å². The largest absolute Gasteiger partial charge is 0.379 e. The van der Waals surface area contributed by atoms with Crippen molar-refractivity contribution in [1.29, 1.82) is 0 Å². The number of imidazole rings is 1. The van der Waals surface area contributed by atoms with E-state index in [2.05, 4.69) is 35.8 Å². The van der Waals surface area contributed by atoms with Gasteiger partial charge < -0.3 is 15.4 Å². The van der Waals surface area contributed by atoms with E-state index < -0.39 is 0 Å². The first-order chi connectivity index (χ1) is 14.1. The lowest BCUT2D eigenvalue weighted by molar-refractivity contribution is 0.0383. The Hall–Kier alpha value is -2.98. The number of amides is 1. The number of aromatic nitrogens is 5. The summed E-state index contributed by atoms with van der Waals surface area (Å²) in [5, 5.41) is 17.5. The van der Waals surface area contributed by atoms with Crippen LogP contribution in [0.25, 0.3) is 16.9 Å². The second-order valence-corrected chi connectivity index (χ2v) is 7.32. The van der Waals surface area contributed by atoms with E-state index in [1.54, 1.807) is 23.1 Å². The Bertz CT molecular complexity index is 960. The fourth-order valence-electron chi connectivity index (χ4n) is 3.32. The lowest BCUT2D eigenvalue weighted by Crippen LogP contribution is -2.41. The topological polar surface area (TPSA) is 112 Å². The average molecular weight is 398 g/mol. The highest BCUT2D eigenvalue weighted by Crippen LogP contribution is 2.25. The van der Waals surface area contributed by atoms with Crippen molar-refractivity contribution in [3.63, 3.8) is 0 Å². The van der Waals surface area contributed by atoms with E-state index in [-0.39, 0.29) is 11.9 Å². The summed E-state index contributed by atoms with van der Waals surface area (Å²) in [7, 11) is 0. The molecular formula is C19H26N8O2. The van der Waals surface area contributed by atoms with Crippen LogP contribution in [-0.4, -0.2) is 81.0 Å². The summed E-state index contributed by atoms with van der Waals surface area (Å²) in [5.74, 6) is -0.163. The number of anilines is 1. The van der Waals surface area contributed by atoms with Gasteiger partial charge in [-0.15, -0.1) is 0 Å². The maximum atomic E-state index is 12.9. The molecule has 3 aromatic heterocycles. The van der Waals surface area contributed by atoms with Gasteiger partial charge in [0.2, 0.25) is 0 Å². The molecule has 0 saturated carbocycles. The molecule has 1 aliphatic heterocycles. The molecule has 10 heteroatoms. The van der Waals surface area contributed by atoms with Crippen molar-refractivity contribution in [2.75, 3.05) is 44.7 Å². The third-order valence-corrected chi connectivity index (χ3v) is 4.78. The molecular weight excluding hydrogens is 372 g/mol. The van der Waals surface area contributed by atoms with Gasteiger partial charge in [-0.3, -0.25) is 14.8 Å². The maximum absolute atomic E-state index is 12.9. The minimum Gasteiger partial charge on any atom is -0.379 e. The minimum atomic E-state index is -0.163. The van der Waals surface area contributed by atoms with Crippen molar-refractivity contribution in [2.24, 2.45) is 0 Å². The molecule has 29 heavy (non-hydrogen) atoms. The maximum Gasteiger partial charge on any atom is 0.255 e. The number of fused-ring (bicyclic) bond motifs is 1. The molecule has 1 fully saturated rings. The molecule has 4 rings (SSSR count). The van der Waals surface area contributed by atoms with Gasteiger partial charge in [0.05, 0.1) is 48.7 Å². The second kappa shape index (κ2) is 8.58. The number of rotatable bonds is 7. The van der Waals surface area contributed by atoms with Crippen LogP contribution in [0.15, 0.2) is 24.8 Å². The highest BCUT2D eigenvalue weighted by atomic mass is 16.5. The van der Waals surface area contributed by atoms with E-state index >= 15 is 0 Å². The molecule has 1 saturated heterocycles. The lowest BCUT2D eigenvalue weighted by atomic mass is 10.2. The zero-order valence-electron chi connectivity index (χ0n) is 16.7. The summed E-state index contributed by atoms with van der Waals surface area (Å²) in [4.78, 5) is 19.8. The Morgan fingerprint density at radius 1 is 1.31 bits per heavy atom. The van der Waals surface area contributed by atoms with Gasteiger partial charge in [-0.25, -0.2) is 9.50 Å². The molecule has 0 aliphatic carbocycles. The van der Waals surface area contributed by atoms with Crippen LogP contribution in [0.4, 0.5) is 5.69 Å². The van der Waals surface area contributed by atoms with Crippen LogP contribution in [0.1, 0.15) is 24.2 Å². The molecule has 0 unspecified atom stereocenters. The van der Waals surface area contributed by atoms with Crippen molar-refractivity contribution >= 4 is 17.2 Å². The van der Waals surface area contributed by atoms with E-state index in [1.807, 2.05) is 20.0 Å². The SMILES string of the molecule is CC(C)Nc1c(C(=O)NCCN2CCOCC2)cnn2cc(-c3cn[nH]c3)nc12. The van der Waals surface area contributed by atoms with Crippen LogP contribution < -0.4 is 10.6 Å². The third-order valence-electron chi connectivity index (χ3n) is 4.78. The third kappa shape index (κ3) is 4.38. The van der Waals surface area contributed by atoms with Crippen LogP contribution in [0.2, 0.25) is 0 Å². The van der Waals surface area contributed by atoms with Gasteiger partial charge in [0.15, 0.2) is 5.65 Å². The summed E-state index contributed by atoms with van der Waals surface area (Å²) in [6.45, 7) is 8.70. The lowest BCUT2D eigenvalue weighted by Gasteiger charge is -2.26. The molecule has 3 aromatic rings. The minimum absolute atomic E-state index is 0.134. The number of carbonyl (C=O) groups is 1. The van der Waals surface area contributed by atoms with E-state index in [1.165, 1.54) is 0 Å². The van der Waals surface area contributed by atoms with Crippen LogP contribution in [0, 0.1) is 0 Å². The first-order valence-corrected chi connectivity index (χ1v) is 9.84. The summed E-state index contributed by atoms with van der Waals surface area (Å²) < 4.78 is 7.04. The Balaban J connectivity index is 1.56. The molecule has 3 N–H and O–H groups in total. The van der Waals surface area contributed by atoms with Crippen LogP contribution in [0.5, 0.6) is 0 Å². The van der Waals surface area contributed by atoms with Gasteiger partial charge in [0.1, 0.15) is 0 Å². The normalized spacial score (nSPS) is 15.1. The first-order valence-electron chi connectivity index (χ1n) is 9.84. The van der Waals surface area contributed by atoms with Crippen LogP contribution >= 0.6 is 0 Å². The van der Waals surface area contributed by atoms with Gasteiger partial charge in [0.25, 0.3) is 5.91 Å². The zero-order chi connectivity index (χ0) is 20.2. The van der Waals surface area contributed by atoms with Gasteiger partial charge >= 0.3 is 0 Å². The van der Waals surface area contributed by atoms with Gasteiger partial charge in [-0.05, 0) is 13.8 Å². The molecule has 1 amide bonds. The molecule has 0 spiro atoms. The Morgan fingerprint density at radius 2 is 2.14 bits per heavy atom. The fourth-order valence-corrected chi connectivity index (χ4v) is 3.32. The molecule has 0 bridgehead atoms. The number of morpholine rings is 1. The number of aromatic amines is 1. The highest BCUT2D eigenvalue weighted by Gasteiger charge is 2.19. The second-order valence-electron chi connectivity index (χ2n) is 7.32. The van der Waals surface area contributed by atoms with Crippen molar-refractivity contribution < 1.29 is 9.53 Å². The van der Waals surface area contributed by atoms with Crippen molar-refractivity contribution in [3.05, 3.63) is 30.4 Å². The van der Waals surface area contributed by atoms with Crippen LogP contribution in [0.3, 0.4) is 0 Å². The number of hydrogen-bond acceptors (Lipinski definition) is 7. The molecule has 4 heterocycles. The summed E-state index contributed by atoms with van der Waals surface area (Å²) in [6, 6.07) is 0.134. The van der Waals surface area contributed by atoms with Gasteiger partial charge in [-0.1, -0.05) is 0 Å². The first kappa shape index (κ1) is 19.3. The van der Waals surface area contributed by atoms with Crippen molar-refractivity contribution in [3.8, 4) is 11.3 Å².